The molecular weight excluding hydrogens is 218 g/mol. The minimum absolute atomic E-state index is 0.326. The summed E-state index contributed by atoms with van der Waals surface area (Å²) in [5.41, 5.74) is 6.65. The summed E-state index contributed by atoms with van der Waals surface area (Å²) in [4.78, 5) is 1.25. The first-order valence-electron chi connectivity index (χ1n) is 5.94. The van der Waals surface area contributed by atoms with Gasteiger partial charge in [-0.2, -0.15) is 0 Å². The van der Waals surface area contributed by atoms with E-state index in [1.165, 1.54) is 17.7 Å². The van der Waals surface area contributed by atoms with Crippen molar-refractivity contribution in [2.24, 2.45) is 11.1 Å². The summed E-state index contributed by atoms with van der Waals surface area (Å²) >= 11 is 1.89. The molecule has 0 saturated heterocycles. The highest BCUT2D eigenvalue weighted by Gasteiger charge is 2.33. The highest BCUT2D eigenvalue weighted by atomic mass is 32.2. The molecule has 2 N–H and O–H groups in total. The quantitative estimate of drug-likeness (QED) is 0.857. The van der Waals surface area contributed by atoms with Gasteiger partial charge in [-0.1, -0.05) is 13.8 Å². The van der Waals surface area contributed by atoms with Gasteiger partial charge in [0.05, 0.1) is 6.26 Å². The Balaban J connectivity index is 2.06. The van der Waals surface area contributed by atoms with Gasteiger partial charge < -0.3 is 10.2 Å². The molecule has 3 heteroatoms. The van der Waals surface area contributed by atoms with E-state index in [2.05, 4.69) is 13.8 Å². The molecule has 2 rings (SSSR count). The first-order valence-corrected chi connectivity index (χ1v) is 6.82. The van der Waals surface area contributed by atoms with Gasteiger partial charge in [-0.3, -0.25) is 0 Å². The molecule has 0 aromatic carbocycles. The van der Waals surface area contributed by atoms with E-state index in [0.717, 1.165) is 12.2 Å². The summed E-state index contributed by atoms with van der Waals surface area (Å²) in [5, 5.41) is 0.528. The molecule has 0 bridgehead atoms. The number of thioether (sulfide) groups is 1. The zero-order chi connectivity index (χ0) is 11.8. The van der Waals surface area contributed by atoms with Gasteiger partial charge in [0, 0.05) is 16.2 Å². The summed E-state index contributed by atoms with van der Waals surface area (Å²) in [6.45, 7) is 6.70. The number of nitrogens with two attached hydrogens (primary N) is 1. The average Bonchev–Trinajstić information content (AvgIpc) is 2.58. The lowest BCUT2D eigenvalue weighted by molar-refractivity contribution is 0.232. The van der Waals surface area contributed by atoms with Gasteiger partial charge in [-0.15, -0.1) is 11.8 Å². The third kappa shape index (κ3) is 2.64. The molecule has 0 aliphatic heterocycles. The van der Waals surface area contributed by atoms with E-state index >= 15 is 0 Å². The molecule has 1 aromatic rings. The molecule has 16 heavy (non-hydrogen) atoms. The fourth-order valence-corrected chi connectivity index (χ4v) is 3.85. The Labute approximate surface area is 102 Å². The third-order valence-electron chi connectivity index (χ3n) is 3.48. The topological polar surface area (TPSA) is 39.2 Å². The van der Waals surface area contributed by atoms with Crippen LogP contribution in [-0.2, 0) is 0 Å². The Morgan fingerprint density at radius 2 is 2.25 bits per heavy atom. The minimum Gasteiger partial charge on any atom is -0.468 e. The van der Waals surface area contributed by atoms with E-state index in [9.17, 15) is 0 Å². The van der Waals surface area contributed by atoms with Crippen molar-refractivity contribution in [2.75, 3.05) is 0 Å². The van der Waals surface area contributed by atoms with Crippen molar-refractivity contribution in [1.82, 2.24) is 0 Å². The van der Waals surface area contributed by atoms with Gasteiger partial charge in [0.15, 0.2) is 0 Å². The second kappa shape index (κ2) is 4.46. The van der Waals surface area contributed by atoms with Crippen LogP contribution in [0.5, 0.6) is 0 Å². The van der Waals surface area contributed by atoms with Crippen LogP contribution in [0, 0.1) is 12.3 Å². The Bertz CT molecular complexity index is 359. The molecule has 1 fully saturated rings. The van der Waals surface area contributed by atoms with Crippen LogP contribution in [-0.4, -0.2) is 11.3 Å². The van der Waals surface area contributed by atoms with Crippen LogP contribution in [0.25, 0.3) is 0 Å². The number of aryl methyl sites for hydroxylation is 1. The van der Waals surface area contributed by atoms with E-state index in [0.29, 0.717) is 16.7 Å². The standard InChI is InChI=1S/C13H21NOS/c1-9-11(5-7-15-9)16-12-8-13(2,3)6-4-10(12)14/h5,7,10,12H,4,6,8,14H2,1-3H3. The Morgan fingerprint density at radius 1 is 1.50 bits per heavy atom. The van der Waals surface area contributed by atoms with Crippen LogP contribution < -0.4 is 5.73 Å². The summed E-state index contributed by atoms with van der Waals surface area (Å²) in [6, 6.07) is 2.38. The van der Waals surface area contributed by atoms with E-state index < -0.39 is 0 Å². The molecule has 0 amide bonds. The Hall–Kier alpha value is -0.410. The maximum Gasteiger partial charge on any atom is 0.114 e. The number of rotatable bonds is 2. The second-order valence-electron chi connectivity index (χ2n) is 5.57. The lowest BCUT2D eigenvalue weighted by Gasteiger charge is -2.38. The van der Waals surface area contributed by atoms with E-state index in [1.54, 1.807) is 6.26 Å². The van der Waals surface area contributed by atoms with Gasteiger partial charge in [-0.25, -0.2) is 0 Å². The normalized spacial score (nSPS) is 29.2. The smallest absolute Gasteiger partial charge is 0.114 e. The number of furan rings is 1. The molecule has 2 atom stereocenters. The van der Waals surface area contributed by atoms with Crippen LogP contribution in [0.2, 0.25) is 0 Å². The fourth-order valence-electron chi connectivity index (χ4n) is 2.33. The molecule has 0 radical (unpaired) electrons. The predicted molar refractivity (Wildman–Crippen MR) is 68.7 cm³/mol. The molecule has 1 heterocycles. The fraction of sp³-hybridized carbons (Fsp3) is 0.692. The average molecular weight is 239 g/mol. The van der Waals surface area contributed by atoms with Crippen molar-refractivity contribution in [3.63, 3.8) is 0 Å². The molecular formula is C13H21NOS. The number of hydrogen-bond donors (Lipinski definition) is 1. The Morgan fingerprint density at radius 3 is 2.88 bits per heavy atom. The van der Waals surface area contributed by atoms with Crippen molar-refractivity contribution in [1.29, 1.82) is 0 Å². The van der Waals surface area contributed by atoms with Crippen LogP contribution in [0.3, 0.4) is 0 Å². The molecule has 2 nitrogen and oxygen atoms in total. The van der Waals surface area contributed by atoms with Crippen LogP contribution in [0.15, 0.2) is 21.6 Å². The number of hydrogen-bond acceptors (Lipinski definition) is 3. The summed E-state index contributed by atoms with van der Waals surface area (Å²) in [7, 11) is 0. The lowest BCUT2D eigenvalue weighted by atomic mass is 9.75. The van der Waals surface area contributed by atoms with Crippen molar-refractivity contribution < 1.29 is 4.42 Å². The molecule has 1 aliphatic rings. The van der Waals surface area contributed by atoms with Crippen molar-refractivity contribution in [3.8, 4) is 0 Å². The summed E-state index contributed by atoms with van der Waals surface area (Å²) in [5.74, 6) is 1.01. The van der Waals surface area contributed by atoms with Crippen LogP contribution in [0.4, 0.5) is 0 Å². The predicted octanol–water partition coefficient (Wildman–Crippen LogP) is 3.59. The molecule has 2 unspecified atom stereocenters. The van der Waals surface area contributed by atoms with Crippen molar-refractivity contribution >= 4 is 11.8 Å². The molecule has 1 aromatic heterocycles. The van der Waals surface area contributed by atoms with E-state index in [-0.39, 0.29) is 0 Å². The third-order valence-corrected chi connectivity index (χ3v) is 4.97. The van der Waals surface area contributed by atoms with Gasteiger partial charge in [0.2, 0.25) is 0 Å². The SMILES string of the molecule is Cc1occc1SC1CC(C)(C)CCC1N. The van der Waals surface area contributed by atoms with Gasteiger partial charge in [-0.05, 0) is 37.7 Å². The largest absolute Gasteiger partial charge is 0.468 e. The molecule has 0 spiro atoms. The highest BCUT2D eigenvalue weighted by Crippen LogP contribution is 2.42. The van der Waals surface area contributed by atoms with Gasteiger partial charge >= 0.3 is 0 Å². The van der Waals surface area contributed by atoms with E-state index in [1.807, 2.05) is 24.8 Å². The maximum atomic E-state index is 6.22. The highest BCUT2D eigenvalue weighted by molar-refractivity contribution is 8.00. The maximum absolute atomic E-state index is 6.22. The molecule has 1 aliphatic carbocycles. The van der Waals surface area contributed by atoms with Crippen LogP contribution in [0.1, 0.15) is 38.9 Å². The summed E-state index contributed by atoms with van der Waals surface area (Å²) in [6.07, 6.45) is 5.35. The first-order chi connectivity index (χ1) is 7.48. The zero-order valence-corrected chi connectivity index (χ0v) is 11.1. The zero-order valence-electron chi connectivity index (χ0n) is 10.3. The van der Waals surface area contributed by atoms with Crippen molar-refractivity contribution in [2.45, 2.75) is 56.2 Å². The van der Waals surface area contributed by atoms with E-state index in [4.69, 9.17) is 10.2 Å². The van der Waals surface area contributed by atoms with Crippen LogP contribution >= 0.6 is 11.8 Å². The monoisotopic (exact) mass is 239 g/mol. The molecule has 1 saturated carbocycles. The van der Waals surface area contributed by atoms with Gasteiger partial charge in [0.25, 0.3) is 0 Å². The Kier molecular flexibility index (Phi) is 3.36. The second-order valence-corrected chi connectivity index (χ2v) is 6.85. The first kappa shape index (κ1) is 12.1. The summed E-state index contributed by atoms with van der Waals surface area (Å²) < 4.78 is 5.33. The lowest BCUT2D eigenvalue weighted by Crippen LogP contribution is -2.41. The minimum atomic E-state index is 0.326. The molecule has 90 valence electrons. The van der Waals surface area contributed by atoms with Crippen molar-refractivity contribution in [3.05, 3.63) is 18.1 Å². The van der Waals surface area contributed by atoms with Gasteiger partial charge in [0.1, 0.15) is 5.76 Å².